The van der Waals surface area contributed by atoms with Gasteiger partial charge < -0.3 is 19.9 Å². The lowest BCUT2D eigenvalue weighted by molar-refractivity contribution is 0.0929. The Kier molecular flexibility index (Phi) is 4.74. The SMILES string of the molecule is COc1ncccc1C(=O)NC1CCCN(c2ncc[nH]c2=O)C1. The van der Waals surface area contributed by atoms with E-state index in [0.29, 0.717) is 23.8 Å². The Morgan fingerprint density at radius 1 is 1.42 bits per heavy atom. The summed E-state index contributed by atoms with van der Waals surface area (Å²) in [6.45, 7) is 1.27. The van der Waals surface area contributed by atoms with Crippen LogP contribution in [0, 0.1) is 0 Å². The molecule has 2 aromatic heterocycles. The summed E-state index contributed by atoms with van der Waals surface area (Å²) in [6.07, 6.45) is 6.34. The Bertz CT molecular complexity index is 776. The standard InChI is InChI=1S/C16H19N5O3/c1-24-16-12(5-2-6-19-16)14(22)20-11-4-3-9-21(10-11)13-15(23)18-8-7-17-13/h2,5-8,11H,3-4,9-10H2,1H3,(H,18,23)(H,20,22). The first-order chi connectivity index (χ1) is 11.7. The zero-order chi connectivity index (χ0) is 16.9. The lowest BCUT2D eigenvalue weighted by atomic mass is 10.1. The van der Waals surface area contributed by atoms with Crippen molar-refractivity contribution in [1.82, 2.24) is 20.3 Å². The summed E-state index contributed by atoms with van der Waals surface area (Å²) in [4.78, 5) is 37.0. The highest BCUT2D eigenvalue weighted by Gasteiger charge is 2.25. The molecular formula is C16H19N5O3. The predicted octanol–water partition coefficient (Wildman–Crippen LogP) is 0.572. The fraction of sp³-hybridized carbons (Fsp3) is 0.375. The maximum atomic E-state index is 12.5. The fourth-order valence-electron chi connectivity index (χ4n) is 2.85. The summed E-state index contributed by atoms with van der Waals surface area (Å²) < 4.78 is 5.12. The number of hydrogen-bond donors (Lipinski definition) is 2. The number of H-pyrrole nitrogens is 1. The lowest BCUT2D eigenvalue weighted by Gasteiger charge is -2.33. The molecule has 0 aromatic carbocycles. The maximum Gasteiger partial charge on any atom is 0.290 e. The van der Waals surface area contributed by atoms with Crippen molar-refractivity contribution in [2.45, 2.75) is 18.9 Å². The smallest absolute Gasteiger partial charge is 0.290 e. The van der Waals surface area contributed by atoms with Crippen LogP contribution in [0.15, 0.2) is 35.5 Å². The van der Waals surface area contributed by atoms with Crippen molar-refractivity contribution in [1.29, 1.82) is 0 Å². The van der Waals surface area contributed by atoms with E-state index in [9.17, 15) is 9.59 Å². The number of nitrogens with one attached hydrogen (secondary N) is 2. The van der Waals surface area contributed by atoms with Crippen LogP contribution in [0.2, 0.25) is 0 Å². The van der Waals surface area contributed by atoms with E-state index in [2.05, 4.69) is 20.3 Å². The van der Waals surface area contributed by atoms with E-state index >= 15 is 0 Å². The van der Waals surface area contributed by atoms with Gasteiger partial charge in [0.2, 0.25) is 5.88 Å². The molecule has 0 radical (unpaired) electrons. The number of piperidine rings is 1. The Labute approximate surface area is 138 Å². The third-order valence-electron chi connectivity index (χ3n) is 3.95. The zero-order valence-corrected chi connectivity index (χ0v) is 13.4. The highest BCUT2D eigenvalue weighted by Crippen LogP contribution is 2.17. The average molecular weight is 329 g/mol. The van der Waals surface area contributed by atoms with Crippen LogP contribution in [0.25, 0.3) is 0 Å². The molecule has 2 aromatic rings. The Hall–Kier alpha value is -2.90. The molecule has 0 spiro atoms. The van der Waals surface area contributed by atoms with E-state index in [0.717, 1.165) is 19.4 Å². The molecule has 1 amide bonds. The van der Waals surface area contributed by atoms with E-state index in [-0.39, 0.29) is 17.5 Å². The minimum atomic E-state index is -0.235. The van der Waals surface area contributed by atoms with Crippen LogP contribution < -0.4 is 20.5 Å². The van der Waals surface area contributed by atoms with Gasteiger partial charge in [-0.3, -0.25) is 9.59 Å². The minimum Gasteiger partial charge on any atom is -0.480 e. The molecule has 1 unspecified atom stereocenters. The number of carbonyl (C=O) groups excluding carboxylic acids is 1. The van der Waals surface area contributed by atoms with E-state index in [4.69, 9.17) is 4.74 Å². The van der Waals surface area contributed by atoms with Crippen LogP contribution in [-0.2, 0) is 0 Å². The van der Waals surface area contributed by atoms with Gasteiger partial charge in [0.15, 0.2) is 5.82 Å². The molecule has 1 fully saturated rings. The van der Waals surface area contributed by atoms with Gasteiger partial charge in [-0.05, 0) is 25.0 Å². The first-order valence-corrected chi connectivity index (χ1v) is 7.77. The molecule has 1 aliphatic rings. The maximum absolute atomic E-state index is 12.5. The normalized spacial score (nSPS) is 17.4. The van der Waals surface area contributed by atoms with Crippen LogP contribution in [0.5, 0.6) is 5.88 Å². The van der Waals surface area contributed by atoms with Crippen LogP contribution in [0.1, 0.15) is 23.2 Å². The van der Waals surface area contributed by atoms with Crippen LogP contribution >= 0.6 is 0 Å². The lowest BCUT2D eigenvalue weighted by Crippen LogP contribution is -2.49. The first-order valence-electron chi connectivity index (χ1n) is 7.77. The molecule has 0 bridgehead atoms. The van der Waals surface area contributed by atoms with Crippen molar-refractivity contribution in [3.05, 3.63) is 46.6 Å². The van der Waals surface area contributed by atoms with Gasteiger partial charge in [0.05, 0.1) is 7.11 Å². The third-order valence-corrected chi connectivity index (χ3v) is 3.95. The number of methoxy groups -OCH3 is 1. The number of aromatic nitrogens is 3. The first kappa shape index (κ1) is 16.0. The highest BCUT2D eigenvalue weighted by atomic mass is 16.5. The van der Waals surface area contributed by atoms with Crippen molar-refractivity contribution < 1.29 is 9.53 Å². The van der Waals surface area contributed by atoms with Gasteiger partial charge >= 0.3 is 0 Å². The molecule has 1 aliphatic heterocycles. The van der Waals surface area contributed by atoms with Crippen molar-refractivity contribution in [3.8, 4) is 5.88 Å². The Morgan fingerprint density at radius 3 is 3.08 bits per heavy atom. The molecule has 0 saturated carbocycles. The number of nitrogens with zero attached hydrogens (tertiary/aromatic N) is 3. The highest BCUT2D eigenvalue weighted by molar-refractivity contribution is 5.96. The molecule has 126 valence electrons. The second-order valence-corrected chi connectivity index (χ2v) is 5.56. The molecule has 0 aliphatic carbocycles. The van der Waals surface area contributed by atoms with Gasteiger partial charge in [0.25, 0.3) is 11.5 Å². The summed E-state index contributed by atoms with van der Waals surface area (Å²) in [7, 11) is 1.48. The van der Waals surface area contributed by atoms with Crippen molar-refractivity contribution >= 4 is 11.7 Å². The Balaban J connectivity index is 1.70. The monoisotopic (exact) mass is 329 g/mol. The fourth-order valence-corrected chi connectivity index (χ4v) is 2.85. The second-order valence-electron chi connectivity index (χ2n) is 5.56. The predicted molar refractivity (Wildman–Crippen MR) is 88.3 cm³/mol. The van der Waals surface area contributed by atoms with Crippen LogP contribution in [0.4, 0.5) is 5.82 Å². The summed E-state index contributed by atoms with van der Waals surface area (Å²) in [5, 5.41) is 2.99. The second kappa shape index (κ2) is 7.12. The van der Waals surface area contributed by atoms with E-state index < -0.39 is 0 Å². The van der Waals surface area contributed by atoms with Gasteiger partial charge in [-0.15, -0.1) is 0 Å². The number of carbonyl (C=O) groups is 1. The van der Waals surface area contributed by atoms with E-state index in [1.807, 2.05) is 4.90 Å². The van der Waals surface area contributed by atoms with Crippen molar-refractivity contribution in [3.63, 3.8) is 0 Å². The number of hydrogen-bond acceptors (Lipinski definition) is 6. The number of amides is 1. The van der Waals surface area contributed by atoms with Gasteiger partial charge in [0.1, 0.15) is 5.56 Å². The van der Waals surface area contributed by atoms with Gasteiger partial charge in [-0.2, -0.15) is 0 Å². The minimum absolute atomic E-state index is 0.0717. The summed E-state index contributed by atoms with van der Waals surface area (Å²) >= 11 is 0. The largest absolute Gasteiger partial charge is 0.480 e. The molecule has 8 nitrogen and oxygen atoms in total. The van der Waals surface area contributed by atoms with Crippen molar-refractivity contribution in [2.24, 2.45) is 0 Å². The molecule has 2 N–H and O–H groups in total. The number of anilines is 1. The topological polar surface area (TPSA) is 100 Å². The molecule has 3 rings (SSSR count). The zero-order valence-electron chi connectivity index (χ0n) is 13.4. The number of rotatable bonds is 4. The van der Waals surface area contributed by atoms with E-state index in [1.165, 1.54) is 13.3 Å². The molecule has 3 heterocycles. The molecular weight excluding hydrogens is 310 g/mol. The molecule has 1 atom stereocenters. The average Bonchev–Trinajstić information content (AvgIpc) is 2.62. The molecule has 24 heavy (non-hydrogen) atoms. The molecule has 1 saturated heterocycles. The van der Waals surface area contributed by atoms with Gasteiger partial charge in [-0.25, -0.2) is 9.97 Å². The van der Waals surface area contributed by atoms with Crippen LogP contribution in [-0.4, -0.2) is 47.1 Å². The summed E-state index contributed by atoms with van der Waals surface area (Å²) in [5.74, 6) is 0.445. The van der Waals surface area contributed by atoms with Crippen LogP contribution in [0.3, 0.4) is 0 Å². The van der Waals surface area contributed by atoms with E-state index in [1.54, 1.807) is 24.5 Å². The molecule has 8 heteroatoms. The van der Waals surface area contributed by atoms with Gasteiger partial charge in [-0.1, -0.05) is 0 Å². The number of aromatic amines is 1. The quantitative estimate of drug-likeness (QED) is 0.851. The van der Waals surface area contributed by atoms with Crippen molar-refractivity contribution in [2.75, 3.05) is 25.1 Å². The van der Waals surface area contributed by atoms with Gasteiger partial charge in [0, 0.05) is 37.7 Å². The summed E-state index contributed by atoms with van der Waals surface area (Å²) in [6, 6.07) is 3.29. The Morgan fingerprint density at radius 2 is 2.29 bits per heavy atom. The number of ether oxygens (including phenoxy) is 1. The number of pyridine rings is 1. The third kappa shape index (κ3) is 3.37. The summed E-state index contributed by atoms with van der Waals surface area (Å²) in [5.41, 5.74) is 0.172.